The lowest BCUT2D eigenvalue weighted by Gasteiger charge is -2.20. The highest BCUT2D eigenvalue weighted by Crippen LogP contribution is 2.24. The molecule has 24 heavy (non-hydrogen) atoms. The van der Waals surface area contributed by atoms with Crippen molar-refractivity contribution in [2.45, 2.75) is 19.8 Å². The molecule has 0 spiro atoms. The van der Waals surface area contributed by atoms with E-state index in [-0.39, 0.29) is 5.91 Å². The molecule has 0 saturated carbocycles. The van der Waals surface area contributed by atoms with Gasteiger partial charge in [-0.2, -0.15) is 5.10 Å². The van der Waals surface area contributed by atoms with Gasteiger partial charge in [-0.1, -0.05) is 30.7 Å². The van der Waals surface area contributed by atoms with Crippen molar-refractivity contribution in [1.29, 1.82) is 0 Å². The van der Waals surface area contributed by atoms with Gasteiger partial charge in [-0.05, 0) is 25.0 Å². The second kappa shape index (κ2) is 7.36. The predicted octanol–water partition coefficient (Wildman–Crippen LogP) is 3.20. The Balaban J connectivity index is 1.86. The molecule has 128 valence electrons. The van der Waals surface area contributed by atoms with Crippen LogP contribution >= 0.6 is 11.6 Å². The Kier molecular flexibility index (Phi) is 5.21. The first-order chi connectivity index (χ1) is 11.6. The van der Waals surface area contributed by atoms with E-state index in [0.717, 1.165) is 31.0 Å². The normalized spacial score (nSPS) is 17.2. The molecule has 0 unspecified atom stereocenters. The lowest BCUT2D eigenvalue weighted by molar-refractivity contribution is 0.0765. The van der Waals surface area contributed by atoms with Crippen molar-refractivity contribution in [3.05, 3.63) is 46.7 Å². The van der Waals surface area contributed by atoms with Crippen LogP contribution in [-0.4, -0.2) is 47.4 Å². The van der Waals surface area contributed by atoms with Crippen LogP contribution in [0, 0.1) is 5.92 Å². The summed E-state index contributed by atoms with van der Waals surface area (Å²) < 4.78 is 7.16. The fraction of sp³-hybridized carbons (Fsp3) is 0.444. The van der Waals surface area contributed by atoms with Crippen LogP contribution in [0.15, 0.2) is 30.5 Å². The summed E-state index contributed by atoms with van der Waals surface area (Å²) >= 11 is 6.28. The van der Waals surface area contributed by atoms with E-state index in [1.807, 2.05) is 38.2 Å². The molecule has 1 amide bonds. The lowest BCUT2D eigenvalue weighted by Crippen LogP contribution is -2.32. The number of hydrogen-bond acceptors (Lipinski definition) is 3. The van der Waals surface area contributed by atoms with Gasteiger partial charge in [0.2, 0.25) is 0 Å². The first kappa shape index (κ1) is 17.0. The summed E-state index contributed by atoms with van der Waals surface area (Å²) in [7, 11) is 1.84. The minimum absolute atomic E-state index is 0.00273. The van der Waals surface area contributed by atoms with E-state index >= 15 is 0 Å². The molecule has 1 atom stereocenters. The second-order valence-corrected chi connectivity index (χ2v) is 6.54. The Labute approximate surface area is 147 Å². The highest BCUT2D eigenvalue weighted by molar-refractivity contribution is 6.32. The molecule has 3 rings (SSSR count). The SMILES string of the molecule is CCc1c(C(=O)N(C)C[C@H]2CCOC2)cnn1-c1ccccc1Cl. The first-order valence-electron chi connectivity index (χ1n) is 8.26. The van der Waals surface area contributed by atoms with E-state index in [9.17, 15) is 4.79 Å². The Morgan fingerprint density at radius 2 is 2.25 bits per heavy atom. The van der Waals surface area contributed by atoms with E-state index in [2.05, 4.69) is 5.10 Å². The Bertz CT molecular complexity index is 723. The third kappa shape index (κ3) is 3.32. The topological polar surface area (TPSA) is 47.4 Å². The number of nitrogens with zero attached hydrogens (tertiary/aromatic N) is 3. The van der Waals surface area contributed by atoms with Crippen molar-refractivity contribution in [2.24, 2.45) is 5.92 Å². The molecule has 0 N–H and O–H groups in total. The van der Waals surface area contributed by atoms with Gasteiger partial charge < -0.3 is 9.64 Å². The molecule has 1 aliphatic rings. The number of hydrogen-bond donors (Lipinski definition) is 0. The standard InChI is InChI=1S/C18H22ClN3O2/c1-3-16-14(18(23)21(2)11-13-8-9-24-12-13)10-20-22(16)17-7-5-4-6-15(17)19/h4-7,10,13H,3,8-9,11-12H2,1-2H3/t13-/m1/s1. The number of halogens is 1. The van der Waals surface area contributed by atoms with Gasteiger partial charge >= 0.3 is 0 Å². The molecule has 0 radical (unpaired) electrons. The summed E-state index contributed by atoms with van der Waals surface area (Å²) in [6, 6.07) is 7.52. The van der Waals surface area contributed by atoms with Crippen molar-refractivity contribution in [3.8, 4) is 5.69 Å². The van der Waals surface area contributed by atoms with Gasteiger partial charge in [-0.3, -0.25) is 4.79 Å². The van der Waals surface area contributed by atoms with Gasteiger partial charge in [0, 0.05) is 26.1 Å². The average Bonchev–Trinajstić information content (AvgIpc) is 3.23. The zero-order valence-corrected chi connectivity index (χ0v) is 14.8. The van der Waals surface area contributed by atoms with Crippen molar-refractivity contribution in [3.63, 3.8) is 0 Å². The molecule has 1 aromatic heterocycles. The van der Waals surface area contributed by atoms with Crippen LogP contribution in [0.25, 0.3) is 5.69 Å². The van der Waals surface area contributed by atoms with Gasteiger partial charge in [0.15, 0.2) is 0 Å². The Morgan fingerprint density at radius 1 is 1.46 bits per heavy atom. The summed E-state index contributed by atoms with van der Waals surface area (Å²) in [5.41, 5.74) is 2.31. The first-order valence-corrected chi connectivity index (χ1v) is 8.64. The zero-order valence-electron chi connectivity index (χ0n) is 14.0. The van der Waals surface area contributed by atoms with Crippen LogP contribution in [0.1, 0.15) is 29.4 Å². The number of benzene rings is 1. The number of amides is 1. The molecule has 2 heterocycles. The van der Waals surface area contributed by atoms with E-state index < -0.39 is 0 Å². The quantitative estimate of drug-likeness (QED) is 0.834. The van der Waals surface area contributed by atoms with E-state index in [1.54, 1.807) is 15.8 Å². The van der Waals surface area contributed by atoms with Crippen molar-refractivity contribution < 1.29 is 9.53 Å². The monoisotopic (exact) mass is 347 g/mol. The number of para-hydroxylation sites is 1. The third-order valence-electron chi connectivity index (χ3n) is 4.42. The zero-order chi connectivity index (χ0) is 17.1. The number of aromatic nitrogens is 2. The maximum Gasteiger partial charge on any atom is 0.257 e. The molecule has 1 aromatic carbocycles. The molecule has 6 heteroatoms. The Morgan fingerprint density at radius 3 is 2.92 bits per heavy atom. The van der Waals surface area contributed by atoms with E-state index in [1.165, 1.54) is 0 Å². The highest BCUT2D eigenvalue weighted by atomic mass is 35.5. The predicted molar refractivity (Wildman–Crippen MR) is 93.8 cm³/mol. The molecule has 0 bridgehead atoms. The fourth-order valence-electron chi connectivity index (χ4n) is 3.13. The largest absolute Gasteiger partial charge is 0.381 e. The molecule has 2 aromatic rings. The lowest BCUT2D eigenvalue weighted by atomic mass is 10.1. The van der Waals surface area contributed by atoms with Crippen LogP contribution < -0.4 is 0 Å². The second-order valence-electron chi connectivity index (χ2n) is 6.14. The molecular formula is C18H22ClN3O2. The minimum atomic E-state index is -0.00273. The van der Waals surface area contributed by atoms with Crippen LogP contribution in [0.4, 0.5) is 0 Å². The molecule has 0 aliphatic carbocycles. The number of carbonyl (C=O) groups excluding carboxylic acids is 1. The van der Waals surface area contributed by atoms with Crippen molar-refractivity contribution in [2.75, 3.05) is 26.8 Å². The van der Waals surface area contributed by atoms with Gasteiger partial charge in [0.05, 0.1) is 34.8 Å². The van der Waals surface area contributed by atoms with Crippen LogP contribution in [0.5, 0.6) is 0 Å². The summed E-state index contributed by atoms with van der Waals surface area (Å²) in [6.07, 6.45) is 3.36. The van der Waals surface area contributed by atoms with Gasteiger partial charge in [0.25, 0.3) is 5.91 Å². The minimum Gasteiger partial charge on any atom is -0.381 e. The van der Waals surface area contributed by atoms with Crippen LogP contribution in [-0.2, 0) is 11.2 Å². The third-order valence-corrected chi connectivity index (χ3v) is 4.74. The average molecular weight is 348 g/mol. The van der Waals surface area contributed by atoms with Gasteiger partial charge in [-0.15, -0.1) is 0 Å². The molecular weight excluding hydrogens is 326 g/mol. The smallest absolute Gasteiger partial charge is 0.257 e. The maximum atomic E-state index is 12.8. The van der Waals surface area contributed by atoms with Gasteiger partial charge in [-0.25, -0.2) is 4.68 Å². The summed E-state index contributed by atoms with van der Waals surface area (Å²) in [5.74, 6) is 0.416. The molecule has 1 saturated heterocycles. The van der Waals surface area contributed by atoms with Crippen LogP contribution in [0.3, 0.4) is 0 Å². The summed E-state index contributed by atoms with van der Waals surface area (Å²) in [6.45, 7) is 4.25. The molecule has 1 aliphatic heterocycles. The number of carbonyl (C=O) groups is 1. The highest BCUT2D eigenvalue weighted by Gasteiger charge is 2.24. The fourth-order valence-corrected chi connectivity index (χ4v) is 3.34. The number of rotatable bonds is 5. The Hall–Kier alpha value is -1.85. The van der Waals surface area contributed by atoms with Crippen LogP contribution in [0.2, 0.25) is 5.02 Å². The van der Waals surface area contributed by atoms with Gasteiger partial charge in [0.1, 0.15) is 0 Å². The maximum absolute atomic E-state index is 12.8. The molecule has 1 fully saturated rings. The van der Waals surface area contributed by atoms with Crippen molar-refractivity contribution in [1.82, 2.24) is 14.7 Å². The van der Waals surface area contributed by atoms with E-state index in [0.29, 0.717) is 29.5 Å². The van der Waals surface area contributed by atoms with Crippen molar-refractivity contribution >= 4 is 17.5 Å². The molecule has 5 nitrogen and oxygen atoms in total. The summed E-state index contributed by atoms with van der Waals surface area (Å²) in [5, 5.41) is 5.03. The summed E-state index contributed by atoms with van der Waals surface area (Å²) in [4.78, 5) is 14.6. The number of ether oxygens (including phenoxy) is 1. The van der Waals surface area contributed by atoms with E-state index in [4.69, 9.17) is 16.3 Å².